The van der Waals surface area contributed by atoms with Crippen molar-refractivity contribution in [3.05, 3.63) is 34.9 Å². The molecule has 2 rings (SSSR count). The van der Waals surface area contributed by atoms with Gasteiger partial charge in [0.05, 0.1) is 5.71 Å². The van der Waals surface area contributed by atoms with Crippen molar-refractivity contribution in [2.24, 2.45) is 11.1 Å². The molecular weight excluding hydrogens is 325 g/mol. The smallest absolute Gasteiger partial charge is 0.0837 e. The number of nitrogens with zero attached hydrogens (tertiary/aromatic N) is 1. The molecule has 0 bridgehead atoms. The molecule has 0 amide bonds. The van der Waals surface area contributed by atoms with Gasteiger partial charge in [-0.2, -0.15) is 0 Å². The van der Waals surface area contributed by atoms with Gasteiger partial charge in [0.1, 0.15) is 0 Å². The van der Waals surface area contributed by atoms with Crippen molar-refractivity contribution >= 4 is 28.3 Å². The van der Waals surface area contributed by atoms with Gasteiger partial charge < -0.3 is 5.21 Å². The molecule has 1 aromatic rings. The molecule has 1 aliphatic carbocycles. The lowest BCUT2D eigenvalue weighted by Crippen LogP contribution is -2.29. The summed E-state index contributed by atoms with van der Waals surface area (Å²) in [6, 6.07) is 6.43. The van der Waals surface area contributed by atoms with Crippen molar-refractivity contribution < 1.29 is 5.21 Å². The number of rotatable bonds is 1. The maximum absolute atomic E-state index is 8.82. The molecule has 0 fully saturated rings. The van der Waals surface area contributed by atoms with Crippen LogP contribution in [0.25, 0.3) is 0 Å². The topological polar surface area (TPSA) is 32.6 Å². The molecule has 92 valence electrons. The van der Waals surface area contributed by atoms with Crippen molar-refractivity contribution in [2.45, 2.75) is 37.0 Å². The molecule has 0 radical (unpaired) electrons. The fourth-order valence-electron chi connectivity index (χ4n) is 2.47. The van der Waals surface area contributed by atoms with E-state index >= 15 is 0 Å². The Labute approximate surface area is 116 Å². The lowest BCUT2D eigenvalue weighted by atomic mass is 9.76. The first-order chi connectivity index (χ1) is 7.96. The molecule has 1 aromatic carbocycles. The van der Waals surface area contributed by atoms with Crippen LogP contribution in [0.15, 0.2) is 23.4 Å². The summed E-state index contributed by atoms with van der Waals surface area (Å²) in [5.41, 5.74) is 4.54. The number of oxime groups is 1. The van der Waals surface area contributed by atoms with Crippen molar-refractivity contribution in [1.82, 2.24) is 0 Å². The molecule has 0 saturated heterocycles. The van der Waals surface area contributed by atoms with E-state index in [4.69, 9.17) is 5.21 Å². The van der Waals surface area contributed by atoms with E-state index in [1.54, 1.807) is 0 Å². The van der Waals surface area contributed by atoms with Gasteiger partial charge in [-0.25, -0.2) is 0 Å². The number of hydrogen-bond acceptors (Lipinski definition) is 2. The average molecular weight is 343 g/mol. The third-order valence-corrected chi connectivity index (χ3v) is 5.62. The number of hydrogen-bond donors (Lipinski definition) is 1. The molecule has 1 aliphatic rings. The van der Waals surface area contributed by atoms with Gasteiger partial charge in [-0.05, 0) is 55.4 Å². The Kier molecular flexibility index (Phi) is 3.48. The van der Waals surface area contributed by atoms with Crippen LogP contribution in [-0.2, 0) is 9.84 Å². The summed E-state index contributed by atoms with van der Waals surface area (Å²) in [5, 5.41) is 12.1. The van der Waals surface area contributed by atoms with E-state index in [0.717, 1.165) is 12.0 Å². The van der Waals surface area contributed by atoms with Gasteiger partial charge in [-0.3, -0.25) is 0 Å². The Balaban J connectivity index is 2.49. The van der Waals surface area contributed by atoms with Crippen LogP contribution >= 0.6 is 22.6 Å². The van der Waals surface area contributed by atoms with E-state index in [1.807, 2.05) is 6.92 Å². The zero-order valence-electron chi connectivity index (χ0n) is 10.5. The summed E-state index contributed by atoms with van der Waals surface area (Å²) in [6.07, 6.45) is 2.35. The number of benzene rings is 1. The minimum atomic E-state index is 0.216. The van der Waals surface area contributed by atoms with Crippen LogP contribution in [0.1, 0.15) is 43.9 Å². The number of alkyl halides is 1. The van der Waals surface area contributed by atoms with Crippen molar-refractivity contribution in [3.8, 4) is 0 Å². The van der Waals surface area contributed by atoms with Gasteiger partial charge in [0, 0.05) is 3.42 Å². The van der Waals surface area contributed by atoms with Gasteiger partial charge in [0.2, 0.25) is 0 Å². The van der Waals surface area contributed by atoms with Crippen LogP contribution in [0, 0.1) is 5.92 Å². The first-order valence-electron chi connectivity index (χ1n) is 5.98. The minimum absolute atomic E-state index is 0.216. The highest BCUT2D eigenvalue weighted by Crippen LogP contribution is 2.46. The monoisotopic (exact) mass is 343 g/mol. The van der Waals surface area contributed by atoms with Gasteiger partial charge in [0.25, 0.3) is 0 Å². The Morgan fingerprint density at radius 2 is 2.24 bits per heavy atom. The summed E-state index contributed by atoms with van der Waals surface area (Å²) in [6.45, 7) is 6.46. The molecule has 0 saturated carbocycles. The van der Waals surface area contributed by atoms with Crippen LogP contribution < -0.4 is 0 Å². The van der Waals surface area contributed by atoms with Gasteiger partial charge in [-0.1, -0.05) is 46.8 Å². The molecule has 1 N–H and O–H groups in total. The van der Waals surface area contributed by atoms with Crippen LogP contribution in [0.5, 0.6) is 0 Å². The summed E-state index contributed by atoms with van der Waals surface area (Å²) >= 11 is 2.57. The highest BCUT2D eigenvalue weighted by molar-refractivity contribution is 14.1. The molecule has 3 heteroatoms. The van der Waals surface area contributed by atoms with E-state index in [9.17, 15) is 0 Å². The SMILES string of the molecule is C/C(=N\O)c1ccc2c(c1)CCC(C)C2(C)I. The van der Waals surface area contributed by atoms with E-state index in [2.05, 4.69) is 59.8 Å². The highest BCUT2D eigenvalue weighted by Gasteiger charge is 2.35. The first-order valence-corrected chi connectivity index (χ1v) is 7.06. The van der Waals surface area contributed by atoms with Crippen LogP contribution in [-0.4, -0.2) is 10.9 Å². The second-order valence-electron chi connectivity index (χ2n) is 5.07. The largest absolute Gasteiger partial charge is 0.411 e. The third-order valence-electron chi connectivity index (χ3n) is 3.97. The standard InChI is InChI=1S/C14H18INO/c1-9-4-5-12-8-11(10(2)16-17)6-7-13(12)14(9,3)15/h6-9,17H,4-5H2,1-3H3/b16-10+. The summed E-state index contributed by atoms with van der Waals surface area (Å²) in [4.78, 5) is 0. The maximum atomic E-state index is 8.82. The molecule has 0 heterocycles. The molecule has 0 aromatic heterocycles. The summed E-state index contributed by atoms with van der Waals surface area (Å²) < 4.78 is 0.216. The normalized spacial score (nSPS) is 28.9. The van der Waals surface area contributed by atoms with Crippen molar-refractivity contribution in [1.29, 1.82) is 0 Å². The first kappa shape index (κ1) is 12.9. The number of fused-ring (bicyclic) bond motifs is 1. The molecule has 2 nitrogen and oxygen atoms in total. The average Bonchev–Trinajstić information content (AvgIpc) is 2.33. The maximum Gasteiger partial charge on any atom is 0.0837 e. The van der Waals surface area contributed by atoms with Crippen molar-refractivity contribution in [3.63, 3.8) is 0 Å². The Morgan fingerprint density at radius 3 is 2.88 bits per heavy atom. The molecule has 2 atom stereocenters. The van der Waals surface area contributed by atoms with E-state index < -0.39 is 0 Å². The van der Waals surface area contributed by atoms with Crippen LogP contribution in [0.2, 0.25) is 0 Å². The second kappa shape index (κ2) is 4.59. The Hall–Kier alpha value is -0.580. The Morgan fingerprint density at radius 1 is 1.53 bits per heavy atom. The van der Waals surface area contributed by atoms with Gasteiger partial charge in [-0.15, -0.1) is 0 Å². The van der Waals surface area contributed by atoms with E-state index in [0.29, 0.717) is 11.6 Å². The van der Waals surface area contributed by atoms with Gasteiger partial charge >= 0.3 is 0 Å². The fourth-order valence-corrected chi connectivity index (χ4v) is 3.31. The molecular formula is C14H18INO. The number of aryl methyl sites for hydroxylation is 1. The lowest BCUT2D eigenvalue weighted by Gasteiger charge is -2.37. The highest BCUT2D eigenvalue weighted by atomic mass is 127. The quantitative estimate of drug-likeness (QED) is 0.269. The summed E-state index contributed by atoms with van der Waals surface area (Å²) in [7, 11) is 0. The third kappa shape index (κ3) is 2.21. The predicted octanol–water partition coefficient (Wildman–Crippen LogP) is 4.12. The molecule has 0 spiro atoms. The van der Waals surface area contributed by atoms with Crippen LogP contribution in [0.4, 0.5) is 0 Å². The Bertz CT molecular complexity index is 465. The lowest BCUT2D eigenvalue weighted by molar-refractivity contribution is 0.319. The predicted molar refractivity (Wildman–Crippen MR) is 79.3 cm³/mol. The molecule has 17 heavy (non-hydrogen) atoms. The second-order valence-corrected chi connectivity index (χ2v) is 7.31. The van der Waals surface area contributed by atoms with E-state index in [1.165, 1.54) is 17.5 Å². The summed E-state index contributed by atoms with van der Waals surface area (Å²) in [5.74, 6) is 0.703. The zero-order valence-corrected chi connectivity index (χ0v) is 12.7. The number of halogens is 1. The zero-order chi connectivity index (χ0) is 12.6. The minimum Gasteiger partial charge on any atom is -0.411 e. The fraction of sp³-hybridized carbons (Fsp3) is 0.500. The van der Waals surface area contributed by atoms with Crippen molar-refractivity contribution in [2.75, 3.05) is 0 Å². The van der Waals surface area contributed by atoms with E-state index in [-0.39, 0.29) is 3.42 Å². The molecule has 0 aliphatic heterocycles. The van der Waals surface area contributed by atoms with Crippen LogP contribution in [0.3, 0.4) is 0 Å². The molecule has 2 unspecified atom stereocenters. The van der Waals surface area contributed by atoms with Gasteiger partial charge in [0.15, 0.2) is 0 Å².